The van der Waals surface area contributed by atoms with Gasteiger partial charge in [0.2, 0.25) is 0 Å². The van der Waals surface area contributed by atoms with Gasteiger partial charge in [0, 0.05) is 18.7 Å². The Kier molecular flexibility index (Phi) is 3.87. The maximum atomic E-state index is 6.02. The molecule has 2 heterocycles. The van der Waals surface area contributed by atoms with E-state index in [-0.39, 0.29) is 0 Å². The molecule has 1 aliphatic heterocycles. The molecule has 0 atom stereocenters. The van der Waals surface area contributed by atoms with Gasteiger partial charge in [-0.2, -0.15) is 0 Å². The minimum atomic E-state index is 0.362. The molecule has 16 heavy (non-hydrogen) atoms. The number of aromatic nitrogens is 2. The number of hydrogen-bond acceptors (Lipinski definition) is 3. The van der Waals surface area contributed by atoms with Crippen LogP contribution in [0.1, 0.15) is 25.3 Å². The second-order valence-corrected chi connectivity index (χ2v) is 4.90. The number of alkyl halides is 1. The largest absolute Gasteiger partial charge is 0.356 e. The van der Waals surface area contributed by atoms with Crippen molar-refractivity contribution in [1.82, 2.24) is 9.97 Å². The van der Waals surface area contributed by atoms with Crippen LogP contribution in [-0.4, -0.2) is 23.1 Å². The van der Waals surface area contributed by atoms with E-state index in [1.54, 1.807) is 0 Å². The van der Waals surface area contributed by atoms with Crippen LogP contribution < -0.4 is 4.90 Å². The normalized spacial score (nSPS) is 17.8. The minimum Gasteiger partial charge on any atom is -0.356 e. The van der Waals surface area contributed by atoms with Crippen LogP contribution in [0.25, 0.3) is 0 Å². The van der Waals surface area contributed by atoms with Gasteiger partial charge in [0.1, 0.15) is 17.3 Å². The average molecular weight is 260 g/mol. The van der Waals surface area contributed by atoms with E-state index in [2.05, 4.69) is 21.8 Å². The lowest BCUT2D eigenvalue weighted by molar-refractivity contribution is 0.436. The molecule has 1 fully saturated rings. The van der Waals surface area contributed by atoms with Crippen LogP contribution in [0.5, 0.6) is 0 Å². The lowest BCUT2D eigenvalue weighted by Crippen LogP contribution is -2.34. The van der Waals surface area contributed by atoms with E-state index < -0.39 is 0 Å². The molecule has 88 valence electrons. The summed E-state index contributed by atoms with van der Waals surface area (Å²) < 4.78 is 0. The second kappa shape index (κ2) is 5.19. The summed E-state index contributed by atoms with van der Waals surface area (Å²) in [5.74, 6) is 2.07. The Labute approximate surface area is 106 Å². The molecule has 0 amide bonds. The van der Waals surface area contributed by atoms with Gasteiger partial charge in [-0.3, -0.25) is 0 Å². The molecule has 3 nitrogen and oxygen atoms in total. The third-order valence-corrected chi connectivity index (χ3v) is 3.68. The fourth-order valence-electron chi connectivity index (χ4n) is 1.99. The van der Waals surface area contributed by atoms with Crippen molar-refractivity contribution in [3.63, 3.8) is 0 Å². The van der Waals surface area contributed by atoms with Gasteiger partial charge in [0.15, 0.2) is 0 Å². The summed E-state index contributed by atoms with van der Waals surface area (Å²) >= 11 is 11.9. The Morgan fingerprint density at radius 3 is 2.69 bits per heavy atom. The van der Waals surface area contributed by atoms with Gasteiger partial charge in [-0.1, -0.05) is 18.5 Å². The maximum Gasteiger partial charge on any atom is 0.138 e. The number of rotatable bonds is 2. The van der Waals surface area contributed by atoms with E-state index in [0.29, 0.717) is 11.0 Å². The summed E-state index contributed by atoms with van der Waals surface area (Å²) in [4.78, 5) is 10.5. The third kappa shape index (κ3) is 2.41. The predicted molar refractivity (Wildman–Crippen MR) is 67.2 cm³/mol. The SMILES string of the molecule is CC1CCN(c2ncnc(Cl)c2CCl)CC1. The molecular formula is C11H15Cl2N3. The van der Waals surface area contributed by atoms with Gasteiger partial charge in [0.05, 0.1) is 5.88 Å². The highest BCUT2D eigenvalue weighted by Gasteiger charge is 2.20. The number of halogens is 2. The molecule has 1 aromatic rings. The van der Waals surface area contributed by atoms with Gasteiger partial charge < -0.3 is 4.90 Å². The summed E-state index contributed by atoms with van der Waals surface area (Å²) in [6.07, 6.45) is 3.90. The number of piperidine rings is 1. The second-order valence-electron chi connectivity index (χ2n) is 4.27. The van der Waals surface area contributed by atoms with Crippen molar-refractivity contribution in [3.05, 3.63) is 17.0 Å². The van der Waals surface area contributed by atoms with Crippen molar-refractivity contribution < 1.29 is 0 Å². The van der Waals surface area contributed by atoms with Crippen LogP contribution in [-0.2, 0) is 5.88 Å². The molecule has 0 radical (unpaired) electrons. The first-order chi connectivity index (χ1) is 7.72. The van der Waals surface area contributed by atoms with Crippen molar-refractivity contribution in [1.29, 1.82) is 0 Å². The fraction of sp³-hybridized carbons (Fsp3) is 0.636. The first kappa shape index (κ1) is 11.9. The molecule has 1 saturated heterocycles. The number of anilines is 1. The van der Waals surface area contributed by atoms with Crippen LogP contribution in [0.15, 0.2) is 6.33 Å². The summed E-state index contributed by atoms with van der Waals surface area (Å²) in [6.45, 7) is 4.34. The lowest BCUT2D eigenvalue weighted by Gasteiger charge is -2.32. The van der Waals surface area contributed by atoms with E-state index in [1.165, 1.54) is 19.2 Å². The minimum absolute atomic E-state index is 0.362. The molecule has 5 heteroatoms. The van der Waals surface area contributed by atoms with Crippen LogP contribution in [0.2, 0.25) is 5.15 Å². The highest BCUT2D eigenvalue weighted by molar-refractivity contribution is 6.31. The fourth-order valence-corrected chi connectivity index (χ4v) is 2.50. The molecule has 0 bridgehead atoms. The van der Waals surface area contributed by atoms with Gasteiger partial charge in [-0.15, -0.1) is 11.6 Å². The van der Waals surface area contributed by atoms with Gasteiger partial charge in [0.25, 0.3) is 0 Å². The highest BCUT2D eigenvalue weighted by atomic mass is 35.5. The van der Waals surface area contributed by atoms with Gasteiger partial charge in [-0.05, 0) is 18.8 Å². The topological polar surface area (TPSA) is 29.0 Å². The molecular weight excluding hydrogens is 245 g/mol. The summed E-state index contributed by atoms with van der Waals surface area (Å²) in [5.41, 5.74) is 0.848. The van der Waals surface area contributed by atoms with E-state index in [4.69, 9.17) is 23.2 Å². The van der Waals surface area contributed by atoms with E-state index in [0.717, 1.165) is 30.4 Å². The van der Waals surface area contributed by atoms with E-state index >= 15 is 0 Å². The van der Waals surface area contributed by atoms with Crippen LogP contribution in [0.3, 0.4) is 0 Å². The molecule has 1 aromatic heterocycles. The zero-order chi connectivity index (χ0) is 11.5. The molecule has 0 unspecified atom stereocenters. The lowest BCUT2D eigenvalue weighted by atomic mass is 9.99. The average Bonchev–Trinajstić information content (AvgIpc) is 2.30. The molecule has 0 N–H and O–H groups in total. The zero-order valence-corrected chi connectivity index (χ0v) is 10.8. The summed E-state index contributed by atoms with van der Waals surface area (Å²) in [6, 6.07) is 0. The number of nitrogens with zero attached hydrogens (tertiary/aromatic N) is 3. The molecule has 0 spiro atoms. The molecule has 0 aliphatic carbocycles. The molecule has 0 aromatic carbocycles. The van der Waals surface area contributed by atoms with Gasteiger partial charge in [-0.25, -0.2) is 9.97 Å². The van der Waals surface area contributed by atoms with Gasteiger partial charge >= 0.3 is 0 Å². The Bertz CT molecular complexity index is 362. The maximum absolute atomic E-state index is 6.02. The quantitative estimate of drug-likeness (QED) is 0.604. The summed E-state index contributed by atoms with van der Waals surface area (Å²) in [7, 11) is 0. The first-order valence-electron chi connectivity index (χ1n) is 5.52. The Morgan fingerprint density at radius 2 is 2.06 bits per heavy atom. The van der Waals surface area contributed by atoms with Crippen molar-refractivity contribution >= 4 is 29.0 Å². The predicted octanol–water partition coefficient (Wildman–Crippen LogP) is 3.11. The standard InChI is InChI=1S/C11H15Cl2N3/c1-8-2-4-16(5-3-8)11-9(6-12)10(13)14-7-15-11/h7-8H,2-6H2,1H3. The monoisotopic (exact) mass is 259 g/mol. The van der Waals surface area contributed by atoms with Crippen molar-refractivity contribution in [2.24, 2.45) is 5.92 Å². The first-order valence-corrected chi connectivity index (χ1v) is 6.44. The zero-order valence-electron chi connectivity index (χ0n) is 9.29. The van der Waals surface area contributed by atoms with Crippen molar-refractivity contribution in [2.45, 2.75) is 25.6 Å². The van der Waals surface area contributed by atoms with Crippen molar-refractivity contribution in [3.8, 4) is 0 Å². The van der Waals surface area contributed by atoms with E-state index in [1.807, 2.05) is 0 Å². The van der Waals surface area contributed by atoms with E-state index in [9.17, 15) is 0 Å². The molecule has 0 saturated carbocycles. The molecule has 1 aliphatic rings. The number of hydrogen-bond donors (Lipinski definition) is 0. The third-order valence-electron chi connectivity index (χ3n) is 3.09. The van der Waals surface area contributed by atoms with Crippen molar-refractivity contribution in [2.75, 3.05) is 18.0 Å². The Hall–Kier alpha value is -0.540. The smallest absolute Gasteiger partial charge is 0.138 e. The van der Waals surface area contributed by atoms with Crippen LogP contribution in [0, 0.1) is 5.92 Å². The highest BCUT2D eigenvalue weighted by Crippen LogP contribution is 2.28. The van der Waals surface area contributed by atoms with Crippen LogP contribution in [0.4, 0.5) is 5.82 Å². The Balaban J connectivity index is 2.23. The Morgan fingerprint density at radius 1 is 1.38 bits per heavy atom. The van der Waals surface area contributed by atoms with Crippen LogP contribution >= 0.6 is 23.2 Å². The summed E-state index contributed by atoms with van der Waals surface area (Å²) in [5, 5.41) is 0.471. The molecule has 2 rings (SSSR count).